The average molecular weight is 395 g/mol. The van der Waals surface area contributed by atoms with Crippen molar-refractivity contribution in [3.8, 4) is 6.07 Å². The number of alkyl halides is 1. The van der Waals surface area contributed by atoms with Crippen molar-refractivity contribution < 1.29 is 4.39 Å². The van der Waals surface area contributed by atoms with E-state index in [0.29, 0.717) is 5.92 Å². The lowest BCUT2D eigenvalue weighted by molar-refractivity contribution is 0.235. The number of hydrogen-bond acceptors (Lipinski definition) is 2. The van der Waals surface area contributed by atoms with Crippen molar-refractivity contribution in [3.05, 3.63) is 71.3 Å². The predicted molar refractivity (Wildman–Crippen MR) is 120 cm³/mol. The van der Waals surface area contributed by atoms with E-state index in [4.69, 9.17) is 5.26 Å². The fourth-order valence-electron chi connectivity index (χ4n) is 3.97. The summed E-state index contributed by atoms with van der Waals surface area (Å²) in [5.41, 5.74) is 4.24. The number of rotatable bonds is 8. The zero-order chi connectivity index (χ0) is 20.9. The van der Waals surface area contributed by atoms with E-state index in [2.05, 4.69) is 66.5 Å². The largest absolute Gasteiger partial charge is 0.306 e. The van der Waals surface area contributed by atoms with E-state index < -0.39 is 6.17 Å². The molecular weight excluding hydrogens is 359 g/mol. The lowest BCUT2D eigenvalue weighted by Crippen LogP contribution is -2.22. The molecule has 0 unspecified atom stereocenters. The number of aryl methyl sites for hydroxylation is 1. The van der Waals surface area contributed by atoms with E-state index in [-0.39, 0.29) is 0 Å². The minimum atomic E-state index is -0.565. The number of likely N-dealkylation sites (N-methyl/N-ethyl adjacent to an activating group) is 1. The highest BCUT2D eigenvalue weighted by molar-refractivity contribution is 5.26. The highest BCUT2D eigenvalue weighted by Gasteiger charge is 2.21. The Morgan fingerprint density at radius 1 is 0.897 bits per heavy atom. The van der Waals surface area contributed by atoms with Crippen LogP contribution in [0.4, 0.5) is 4.39 Å². The molecule has 3 rings (SSSR count). The molecule has 2 nitrogen and oxygen atoms in total. The topological polar surface area (TPSA) is 27.0 Å². The predicted octanol–water partition coefficient (Wildman–Crippen LogP) is 6.32. The standard InChI is InChI=1S/C24H32FN.C2H3N/c1-26(19-17-20-6-3-2-4-7-20)18-5-8-21-9-11-22(12-10-21)23-13-15-24(25)16-14-23;1-2-3/h2-4,6-7,9-12,23-24H,5,8,13-19H2,1H3;1H3. The molecule has 0 bridgehead atoms. The summed E-state index contributed by atoms with van der Waals surface area (Å²) in [4.78, 5) is 2.43. The monoisotopic (exact) mass is 394 g/mol. The second-order valence-electron chi connectivity index (χ2n) is 8.06. The molecule has 0 radical (unpaired) electrons. The van der Waals surface area contributed by atoms with Crippen LogP contribution in [0.25, 0.3) is 0 Å². The summed E-state index contributed by atoms with van der Waals surface area (Å²) in [5.74, 6) is 0.570. The van der Waals surface area contributed by atoms with Crippen LogP contribution >= 0.6 is 0 Å². The van der Waals surface area contributed by atoms with Gasteiger partial charge in [0.1, 0.15) is 6.17 Å². The van der Waals surface area contributed by atoms with Gasteiger partial charge in [-0.05, 0) is 81.1 Å². The number of hydrogen-bond donors (Lipinski definition) is 0. The third-order valence-electron chi connectivity index (χ3n) is 5.74. The summed E-state index contributed by atoms with van der Waals surface area (Å²) in [6, 6.07) is 21.6. The zero-order valence-electron chi connectivity index (χ0n) is 18.0. The molecule has 156 valence electrons. The van der Waals surface area contributed by atoms with Crippen molar-refractivity contribution in [2.24, 2.45) is 0 Å². The summed E-state index contributed by atoms with van der Waals surface area (Å²) in [6.45, 7) is 3.68. The zero-order valence-corrected chi connectivity index (χ0v) is 18.0. The maximum Gasteiger partial charge on any atom is 0.100 e. The molecule has 1 fully saturated rings. The third kappa shape index (κ3) is 8.79. The third-order valence-corrected chi connectivity index (χ3v) is 5.74. The molecule has 0 amide bonds. The summed E-state index contributed by atoms with van der Waals surface area (Å²) < 4.78 is 13.3. The van der Waals surface area contributed by atoms with Crippen LogP contribution in [-0.4, -0.2) is 31.2 Å². The summed E-state index contributed by atoms with van der Waals surface area (Å²) in [5, 5.41) is 7.32. The molecule has 0 atom stereocenters. The molecule has 3 heteroatoms. The fraction of sp³-hybridized carbons (Fsp3) is 0.500. The molecule has 0 aliphatic heterocycles. The summed E-state index contributed by atoms with van der Waals surface area (Å²) in [6.07, 6.45) is 6.37. The van der Waals surface area contributed by atoms with Crippen molar-refractivity contribution in [1.29, 1.82) is 5.26 Å². The van der Waals surface area contributed by atoms with Gasteiger partial charge in [0, 0.05) is 13.5 Å². The van der Waals surface area contributed by atoms with E-state index in [9.17, 15) is 4.39 Å². The van der Waals surface area contributed by atoms with E-state index in [0.717, 1.165) is 51.6 Å². The van der Waals surface area contributed by atoms with Gasteiger partial charge in [-0.25, -0.2) is 4.39 Å². The minimum absolute atomic E-state index is 0.565. The first-order valence-corrected chi connectivity index (χ1v) is 10.9. The molecule has 29 heavy (non-hydrogen) atoms. The number of halogens is 1. The normalized spacial score (nSPS) is 18.6. The molecule has 1 aliphatic rings. The SMILES string of the molecule is CC#N.CN(CCCc1ccc(C2CCC(F)CC2)cc1)CCc1ccccc1. The van der Waals surface area contributed by atoms with Gasteiger partial charge in [-0.3, -0.25) is 0 Å². The fourth-order valence-corrected chi connectivity index (χ4v) is 3.97. The second kappa shape index (κ2) is 13.1. The smallest absolute Gasteiger partial charge is 0.100 e. The lowest BCUT2D eigenvalue weighted by atomic mass is 9.83. The molecule has 2 aromatic carbocycles. The van der Waals surface area contributed by atoms with Gasteiger partial charge in [-0.1, -0.05) is 54.6 Å². The molecule has 0 saturated heterocycles. The van der Waals surface area contributed by atoms with E-state index in [1.807, 2.05) is 0 Å². The Balaban J connectivity index is 0.000000941. The highest BCUT2D eigenvalue weighted by atomic mass is 19.1. The minimum Gasteiger partial charge on any atom is -0.306 e. The molecule has 0 heterocycles. The van der Waals surface area contributed by atoms with E-state index in [1.165, 1.54) is 30.0 Å². The van der Waals surface area contributed by atoms with Gasteiger partial charge in [0.15, 0.2) is 0 Å². The van der Waals surface area contributed by atoms with Crippen molar-refractivity contribution in [2.75, 3.05) is 20.1 Å². The second-order valence-corrected chi connectivity index (χ2v) is 8.06. The molecule has 1 aliphatic carbocycles. The van der Waals surface area contributed by atoms with Crippen molar-refractivity contribution >= 4 is 0 Å². The molecular formula is C26H35FN2. The molecule has 0 aromatic heterocycles. The first kappa shape index (κ1) is 23.1. The van der Waals surface area contributed by atoms with Crippen LogP contribution in [0.15, 0.2) is 54.6 Å². The first-order chi connectivity index (χ1) is 14.1. The van der Waals surface area contributed by atoms with Crippen molar-refractivity contribution in [2.45, 2.75) is 64.0 Å². The quantitative estimate of drug-likeness (QED) is 0.524. The van der Waals surface area contributed by atoms with Gasteiger partial charge in [-0.2, -0.15) is 5.26 Å². The van der Waals surface area contributed by atoms with Gasteiger partial charge in [0.05, 0.1) is 6.07 Å². The molecule has 1 saturated carbocycles. The van der Waals surface area contributed by atoms with Crippen LogP contribution in [0.1, 0.15) is 61.6 Å². The van der Waals surface area contributed by atoms with Crippen molar-refractivity contribution in [1.82, 2.24) is 4.90 Å². The summed E-state index contributed by atoms with van der Waals surface area (Å²) >= 11 is 0. The Labute approximate surface area is 176 Å². The maximum atomic E-state index is 13.3. The van der Waals surface area contributed by atoms with E-state index in [1.54, 1.807) is 6.07 Å². The van der Waals surface area contributed by atoms with Crippen LogP contribution in [0.3, 0.4) is 0 Å². The van der Waals surface area contributed by atoms with Gasteiger partial charge < -0.3 is 4.90 Å². The average Bonchev–Trinajstić information content (AvgIpc) is 2.75. The maximum absolute atomic E-state index is 13.3. The lowest BCUT2D eigenvalue weighted by Gasteiger charge is -2.24. The number of nitriles is 1. The molecule has 0 spiro atoms. The Morgan fingerprint density at radius 3 is 2.10 bits per heavy atom. The Morgan fingerprint density at radius 2 is 1.48 bits per heavy atom. The molecule has 0 N–H and O–H groups in total. The van der Waals surface area contributed by atoms with Crippen LogP contribution in [-0.2, 0) is 12.8 Å². The van der Waals surface area contributed by atoms with Crippen LogP contribution < -0.4 is 0 Å². The Hall–Kier alpha value is -2.18. The van der Waals surface area contributed by atoms with Crippen LogP contribution in [0, 0.1) is 11.3 Å². The molecule has 2 aromatic rings. The Bertz CT molecular complexity index is 713. The van der Waals surface area contributed by atoms with Crippen molar-refractivity contribution in [3.63, 3.8) is 0 Å². The van der Waals surface area contributed by atoms with Crippen LogP contribution in [0.5, 0.6) is 0 Å². The van der Waals surface area contributed by atoms with Gasteiger partial charge in [0.2, 0.25) is 0 Å². The van der Waals surface area contributed by atoms with Gasteiger partial charge in [-0.15, -0.1) is 0 Å². The van der Waals surface area contributed by atoms with Gasteiger partial charge >= 0.3 is 0 Å². The van der Waals surface area contributed by atoms with Crippen LogP contribution in [0.2, 0.25) is 0 Å². The number of benzene rings is 2. The number of nitrogens with zero attached hydrogens (tertiary/aromatic N) is 2. The highest BCUT2D eigenvalue weighted by Crippen LogP contribution is 2.34. The summed E-state index contributed by atoms with van der Waals surface area (Å²) in [7, 11) is 2.22. The van der Waals surface area contributed by atoms with E-state index >= 15 is 0 Å². The first-order valence-electron chi connectivity index (χ1n) is 10.9. The Kier molecular flexibility index (Phi) is 10.5. The van der Waals surface area contributed by atoms with Gasteiger partial charge in [0.25, 0.3) is 0 Å².